The lowest BCUT2D eigenvalue weighted by molar-refractivity contribution is -0.143. The van der Waals surface area contributed by atoms with Crippen LogP contribution in [0.5, 0.6) is 0 Å². The summed E-state index contributed by atoms with van der Waals surface area (Å²) in [5.74, 6) is 0.576. The number of carbonyl (C=O) groups excluding carboxylic acids is 1. The number of aliphatic hydroxyl groups excluding tert-OH is 1. The predicted octanol–water partition coefficient (Wildman–Crippen LogP) is 2.19. The summed E-state index contributed by atoms with van der Waals surface area (Å²) in [4.78, 5) is 11.1. The maximum Gasteiger partial charge on any atom is 0.306 e. The molecule has 0 aromatic rings. The number of rotatable bonds is 8. The van der Waals surface area contributed by atoms with Crippen molar-refractivity contribution in [2.75, 3.05) is 19.8 Å². The Morgan fingerprint density at radius 3 is 2.47 bits per heavy atom. The van der Waals surface area contributed by atoms with Crippen molar-refractivity contribution in [3.8, 4) is 0 Å². The SMILES string of the molecule is CCOC(=O)CC/C(C)=C/C=C(\C)OCCO. The third kappa shape index (κ3) is 9.63. The van der Waals surface area contributed by atoms with E-state index < -0.39 is 0 Å². The van der Waals surface area contributed by atoms with Crippen LogP contribution in [0.15, 0.2) is 23.5 Å². The molecule has 0 aromatic heterocycles. The van der Waals surface area contributed by atoms with E-state index in [1.165, 1.54) is 0 Å². The quantitative estimate of drug-likeness (QED) is 0.403. The molecule has 4 nitrogen and oxygen atoms in total. The molecule has 0 aliphatic heterocycles. The van der Waals surface area contributed by atoms with Gasteiger partial charge in [-0.15, -0.1) is 0 Å². The number of allylic oxidation sites excluding steroid dienone is 4. The minimum atomic E-state index is -0.169. The Labute approximate surface area is 103 Å². The number of ether oxygens (including phenoxy) is 2. The average Bonchev–Trinajstić information content (AvgIpc) is 2.31. The topological polar surface area (TPSA) is 55.8 Å². The van der Waals surface area contributed by atoms with Crippen LogP contribution in [0.4, 0.5) is 0 Å². The van der Waals surface area contributed by atoms with Gasteiger partial charge in [0.1, 0.15) is 6.61 Å². The van der Waals surface area contributed by atoms with Gasteiger partial charge in [-0.2, -0.15) is 0 Å². The molecular formula is C13H22O4. The van der Waals surface area contributed by atoms with Gasteiger partial charge >= 0.3 is 5.97 Å². The molecule has 0 aliphatic carbocycles. The van der Waals surface area contributed by atoms with Crippen molar-refractivity contribution in [1.29, 1.82) is 0 Å². The highest BCUT2D eigenvalue weighted by Crippen LogP contribution is 2.06. The summed E-state index contributed by atoms with van der Waals surface area (Å²) in [6.45, 7) is 6.31. The molecule has 0 unspecified atom stereocenters. The first-order valence-electron chi connectivity index (χ1n) is 5.83. The van der Waals surface area contributed by atoms with Gasteiger partial charge < -0.3 is 14.6 Å². The number of aliphatic hydroxyl groups is 1. The normalized spacial score (nSPS) is 12.5. The van der Waals surface area contributed by atoms with Gasteiger partial charge in [-0.3, -0.25) is 4.79 Å². The Hall–Kier alpha value is -1.29. The van der Waals surface area contributed by atoms with E-state index in [-0.39, 0.29) is 12.6 Å². The Morgan fingerprint density at radius 1 is 1.18 bits per heavy atom. The summed E-state index contributed by atoms with van der Waals surface area (Å²) < 4.78 is 10.0. The first-order valence-corrected chi connectivity index (χ1v) is 5.83. The Balaban J connectivity index is 3.96. The minimum Gasteiger partial charge on any atom is -0.496 e. The van der Waals surface area contributed by atoms with E-state index in [2.05, 4.69) is 0 Å². The zero-order chi connectivity index (χ0) is 13.1. The zero-order valence-electron chi connectivity index (χ0n) is 10.9. The lowest BCUT2D eigenvalue weighted by Crippen LogP contribution is -2.03. The third-order valence-electron chi connectivity index (χ3n) is 2.05. The summed E-state index contributed by atoms with van der Waals surface area (Å²) in [6, 6.07) is 0. The van der Waals surface area contributed by atoms with Crippen LogP contribution in [0.25, 0.3) is 0 Å². The number of hydrogen-bond acceptors (Lipinski definition) is 4. The lowest BCUT2D eigenvalue weighted by atomic mass is 10.1. The number of carbonyl (C=O) groups is 1. The molecule has 0 aromatic carbocycles. The smallest absolute Gasteiger partial charge is 0.306 e. The van der Waals surface area contributed by atoms with E-state index in [0.717, 1.165) is 11.3 Å². The van der Waals surface area contributed by atoms with Crippen molar-refractivity contribution in [2.45, 2.75) is 33.6 Å². The van der Waals surface area contributed by atoms with Crippen molar-refractivity contribution in [3.05, 3.63) is 23.5 Å². The number of esters is 1. The fourth-order valence-electron chi connectivity index (χ4n) is 1.13. The molecule has 0 fully saturated rings. The highest BCUT2D eigenvalue weighted by molar-refractivity contribution is 5.69. The molecule has 0 radical (unpaired) electrons. The molecule has 0 heterocycles. The molecule has 0 saturated carbocycles. The Kier molecular flexibility index (Phi) is 9.15. The number of hydrogen-bond donors (Lipinski definition) is 1. The summed E-state index contributed by atoms with van der Waals surface area (Å²) in [5.41, 5.74) is 1.09. The van der Waals surface area contributed by atoms with Crippen LogP contribution >= 0.6 is 0 Å². The van der Waals surface area contributed by atoms with Crippen molar-refractivity contribution in [3.63, 3.8) is 0 Å². The average molecular weight is 242 g/mol. The Bertz CT molecular complexity index is 279. The maximum atomic E-state index is 11.1. The van der Waals surface area contributed by atoms with Crippen LogP contribution in [0, 0.1) is 0 Å². The summed E-state index contributed by atoms with van der Waals surface area (Å²) >= 11 is 0. The second-order valence-corrected chi connectivity index (χ2v) is 3.67. The summed E-state index contributed by atoms with van der Waals surface area (Å²) in [6.07, 6.45) is 4.82. The van der Waals surface area contributed by atoms with Gasteiger partial charge in [0.15, 0.2) is 0 Å². The van der Waals surface area contributed by atoms with Crippen LogP contribution in [-0.4, -0.2) is 30.9 Å². The summed E-state index contributed by atoms with van der Waals surface area (Å²) in [7, 11) is 0. The van der Waals surface area contributed by atoms with Crippen molar-refractivity contribution in [2.24, 2.45) is 0 Å². The highest BCUT2D eigenvalue weighted by Gasteiger charge is 2.01. The predicted molar refractivity (Wildman–Crippen MR) is 66.4 cm³/mol. The standard InChI is InChI=1S/C13H22O4/c1-4-16-13(15)8-6-11(2)5-7-12(3)17-10-9-14/h5,7,14H,4,6,8-10H2,1-3H3/b11-5+,12-7+. The third-order valence-corrected chi connectivity index (χ3v) is 2.05. The molecular weight excluding hydrogens is 220 g/mol. The van der Waals surface area contributed by atoms with Crippen molar-refractivity contribution in [1.82, 2.24) is 0 Å². The van der Waals surface area contributed by atoms with Gasteiger partial charge in [0, 0.05) is 6.42 Å². The van der Waals surface area contributed by atoms with Gasteiger partial charge in [0.05, 0.1) is 19.0 Å². The van der Waals surface area contributed by atoms with Crippen LogP contribution < -0.4 is 0 Å². The fourth-order valence-corrected chi connectivity index (χ4v) is 1.13. The molecule has 17 heavy (non-hydrogen) atoms. The second kappa shape index (κ2) is 9.90. The van der Waals surface area contributed by atoms with Gasteiger partial charge in [-0.1, -0.05) is 11.6 Å². The van der Waals surface area contributed by atoms with Crippen molar-refractivity contribution < 1.29 is 19.4 Å². The van der Waals surface area contributed by atoms with Crippen LogP contribution in [0.1, 0.15) is 33.6 Å². The van der Waals surface area contributed by atoms with Gasteiger partial charge in [0.2, 0.25) is 0 Å². The van der Waals surface area contributed by atoms with E-state index in [4.69, 9.17) is 14.6 Å². The monoisotopic (exact) mass is 242 g/mol. The van der Waals surface area contributed by atoms with E-state index in [9.17, 15) is 4.79 Å². The summed E-state index contributed by atoms with van der Waals surface area (Å²) in [5, 5.41) is 8.57. The van der Waals surface area contributed by atoms with Crippen LogP contribution in [-0.2, 0) is 14.3 Å². The zero-order valence-corrected chi connectivity index (χ0v) is 10.9. The Morgan fingerprint density at radius 2 is 1.88 bits per heavy atom. The fraction of sp³-hybridized carbons (Fsp3) is 0.615. The molecule has 0 amide bonds. The second-order valence-electron chi connectivity index (χ2n) is 3.67. The van der Waals surface area contributed by atoms with Gasteiger partial charge in [-0.25, -0.2) is 0 Å². The van der Waals surface area contributed by atoms with Crippen molar-refractivity contribution >= 4 is 5.97 Å². The van der Waals surface area contributed by atoms with Crippen LogP contribution in [0.3, 0.4) is 0 Å². The first-order chi connectivity index (χ1) is 8.10. The molecule has 98 valence electrons. The molecule has 0 rings (SSSR count). The van der Waals surface area contributed by atoms with E-state index in [1.54, 1.807) is 6.92 Å². The highest BCUT2D eigenvalue weighted by atomic mass is 16.5. The maximum absolute atomic E-state index is 11.1. The molecule has 0 aliphatic rings. The van der Waals surface area contributed by atoms with E-state index in [0.29, 0.717) is 26.1 Å². The van der Waals surface area contributed by atoms with Gasteiger partial charge in [0.25, 0.3) is 0 Å². The molecule has 1 N–H and O–H groups in total. The molecule has 0 spiro atoms. The minimum absolute atomic E-state index is 0.0106. The lowest BCUT2D eigenvalue weighted by Gasteiger charge is -2.03. The first kappa shape index (κ1) is 15.7. The van der Waals surface area contributed by atoms with Crippen LogP contribution in [0.2, 0.25) is 0 Å². The molecule has 4 heteroatoms. The molecule has 0 bridgehead atoms. The van der Waals surface area contributed by atoms with E-state index in [1.807, 2.05) is 26.0 Å². The molecule has 0 saturated heterocycles. The molecule has 0 atom stereocenters. The largest absolute Gasteiger partial charge is 0.496 e. The van der Waals surface area contributed by atoms with E-state index >= 15 is 0 Å². The van der Waals surface area contributed by atoms with Gasteiger partial charge in [-0.05, 0) is 33.3 Å².